The first-order chi connectivity index (χ1) is 15.0. The summed E-state index contributed by atoms with van der Waals surface area (Å²) in [7, 11) is 1.50. The number of pyridine rings is 2. The minimum absolute atomic E-state index is 0.0198. The molecule has 1 unspecified atom stereocenters. The Morgan fingerprint density at radius 1 is 1.16 bits per heavy atom. The van der Waals surface area contributed by atoms with Crippen molar-refractivity contribution in [3.8, 4) is 22.9 Å². The lowest BCUT2D eigenvalue weighted by Gasteiger charge is -2.19. The van der Waals surface area contributed by atoms with Gasteiger partial charge in [0.05, 0.1) is 19.3 Å². The Bertz CT molecular complexity index is 1360. The third kappa shape index (κ3) is 3.77. The summed E-state index contributed by atoms with van der Waals surface area (Å²) in [6.07, 6.45) is 0.430. The third-order valence-corrected chi connectivity index (χ3v) is 5.08. The van der Waals surface area contributed by atoms with Gasteiger partial charge in [0.15, 0.2) is 0 Å². The summed E-state index contributed by atoms with van der Waals surface area (Å²) >= 11 is 0. The zero-order valence-corrected chi connectivity index (χ0v) is 16.6. The molecule has 7 heteroatoms. The number of benzene rings is 2. The first-order valence-electron chi connectivity index (χ1n) is 9.53. The van der Waals surface area contributed by atoms with Crippen molar-refractivity contribution in [3.05, 3.63) is 94.4 Å². The van der Waals surface area contributed by atoms with Gasteiger partial charge in [-0.2, -0.15) is 5.26 Å². The van der Waals surface area contributed by atoms with Gasteiger partial charge in [-0.3, -0.25) is 14.3 Å². The molecule has 0 fully saturated rings. The lowest BCUT2D eigenvalue weighted by atomic mass is 9.96. The monoisotopic (exact) mass is 415 g/mol. The van der Waals surface area contributed by atoms with Gasteiger partial charge in [-0.25, -0.2) is 4.39 Å². The van der Waals surface area contributed by atoms with Crippen molar-refractivity contribution in [2.75, 3.05) is 7.11 Å². The summed E-state index contributed by atoms with van der Waals surface area (Å²) in [5.74, 6) is 0.0309. The summed E-state index contributed by atoms with van der Waals surface area (Å²) in [4.78, 5) is 17.4. The molecule has 0 aliphatic carbocycles. The zero-order chi connectivity index (χ0) is 22.0. The third-order valence-electron chi connectivity index (χ3n) is 5.08. The molecule has 0 radical (unpaired) electrons. The Morgan fingerprint density at radius 2 is 2.00 bits per heavy atom. The molecular weight excluding hydrogens is 397 g/mol. The smallest absolute Gasteiger partial charge is 0.259 e. The molecule has 0 spiro atoms. The topological polar surface area (TPSA) is 88.1 Å². The molecular formula is C24H18FN3O3. The van der Waals surface area contributed by atoms with Crippen LogP contribution in [0.4, 0.5) is 4.39 Å². The summed E-state index contributed by atoms with van der Waals surface area (Å²) in [6.45, 7) is -0.178. The maximum atomic E-state index is 14.0. The van der Waals surface area contributed by atoms with Crippen LogP contribution >= 0.6 is 0 Å². The number of rotatable bonds is 5. The molecule has 2 aromatic carbocycles. The van der Waals surface area contributed by atoms with Crippen molar-refractivity contribution in [3.63, 3.8) is 0 Å². The van der Waals surface area contributed by atoms with Gasteiger partial charge in [-0.1, -0.05) is 18.2 Å². The lowest BCUT2D eigenvalue weighted by molar-refractivity contribution is 0.150. The first kappa shape index (κ1) is 20.3. The Labute approximate surface area is 177 Å². The van der Waals surface area contributed by atoms with E-state index in [9.17, 15) is 19.6 Å². The maximum Gasteiger partial charge on any atom is 0.259 e. The van der Waals surface area contributed by atoms with Crippen LogP contribution in [0.5, 0.6) is 5.75 Å². The maximum absolute atomic E-state index is 14.0. The Hall–Kier alpha value is -4.02. The van der Waals surface area contributed by atoms with Crippen molar-refractivity contribution in [1.29, 1.82) is 5.26 Å². The Kier molecular flexibility index (Phi) is 5.48. The number of aliphatic hydroxyl groups excluding tert-OH is 1. The molecule has 4 rings (SSSR count). The van der Waals surface area contributed by atoms with E-state index in [1.165, 1.54) is 36.1 Å². The molecule has 0 saturated heterocycles. The molecule has 1 N–H and O–H groups in total. The van der Waals surface area contributed by atoms with Crippen LogP contribution in [0.2, 0.25) is 0 Å². The van der Waals surface area contributed by atoms with Gasteiger partial charge < -0.3 is 9.84 Å². The van der Waals surface area contributed by atoms with E-state index in [0.29, 0.717) is 33.3 Å². The van der Waals surface area contributed by atoms with Crippen LogP contribution in [-0.2, 0) is 6.54 Å². The van der Waals surface area contributed by atoms with Crippen LogP contribution < -0.4 is 10.3 Å². The molecule has 2 aromatic heterocycles. The number of hydrogen-bond acceptors (Lipinski definition) is 5. The van der Waals surface area contributed by atoms with Crippen molar-refractivity contribution in [2.45, 2.75) is 12.6 Å². The van der Waals surface area contributed by atoms with Gasteiger partial charge in [-0.15, -0.1) is 0 Å². The highest BCUT2D eigenvalue weighted by molar-refractivity contribution is 5.99. The summed E-state index contributed by atoms with van der Waals surface area (Å²) < 4.78 is 20.5. The largest absolute Gasteiger partial charge is 0.497 e. The minimum Gasteiger partial charge on any atom is -0.497 e. The average Bonchev–Trinajstić information content (AvgIpc) is 2.80. The number of ether oxygens (including phenoxy) is 1. The van der Waals surface area contributed by atoms with Gasteiger partial charge in [-0.05, 0) is 48.0 Å². The molecule has 0 saturated carbocycles. The van der Waals surface area contributed by atoms with Crippen LogP contribution in [0, 0.1) is 17.1 Å². The molecule has 31 heavy (non-hydrogen) atoms. The molecule has 6 nitrogen and oxygen atoms in total. The number of fused-ring (bicyclic) bond motifs is 1. The van der Waals surface area contributed by atoms with Gasteiger partial charge >= 0.3 is 0 Å². The number of nitrogens with zero attached hydrogens (tertiary/aromatic N) is 3. The van der Waals surface area contributed by atoms with Crippen molar-refractivity contribution in [1.82, 2.24) is 9.55 Å². The molecule has 1 atom stereocenters. The number of aromatic nitrogens is 2. The van der Waals surface area contributed by atoms with E-state index in [2.05, 4.69) is 11.1 Å². The average molecular weight is 415 g/mol. The Balaban J connectivity index is 2.02. The molecule has 154 valence electrons. The highest BCUT2D eigenvalue weighted by Gasteiger charge is 2.21. The zero-order valence-electron chi connectivity index (χ0n) is 16.6. The highest BCUT2D eigenvalue weighted by Crippen LogP contribution is 2.33. The molecule has 0 bridgehead atoms. The number of nitriles is 1. The Morgan fingerprint density at radius 3 is 2.68 bits per heavy atom. The van der Waals surface area contributed by atoms with Gasteiger partial charge in [0, 0.05) is 22.5 Å². The molecule has 0 amide bonds. The minimum atomic E-state index is -1.11. The van der Waals surface area contributed by atoms with Crippen LogP contribution in [0.3, 0.4) is 0 Å². The number of methoxy groups -OCH3 is 1. The van der Waals surface area contributed by atoms with E-state index >= 15 is 0 Å². The predicted molar refractivity (Wildman–Crippen MR) is 114 cm³/mol. The highest BCUT2D eigenvalue weighted by atomic mass is 19.1. The molecule has 0 aliphatic rings. The van der Waals surface area contributed by atoms with Crippen LogP contribution in [0.25, 0.3) is 21.9 Å². The van der Waals surface area contributed by atoms with Crippen LogP contribution in [0.15, 0.2) is 71.7 Å². The quantitative estimate of drug-likeness (QED) is 0.535. The summed E-state index contributed by atoms with van der Waals surface area (Å²) in [6, 6.07) is 17.9. The summed E-state index contributed by atoms with van der Waals surface area (Å²) in [5.41, 5.74) is 0.788. The second-order valence-corrected chi connectivity index (χ2v) is 6.94. The van der Waals surface area contributed by atoms with E-state index in [4.69, 9.17) is 4.74 Å². The van der Waals surface area contributed by atoms with E-state index < -0.39 is 17.5 Å². The van der Waals surface area contributed by atoms with E-state index in [1.54, 1.807) is 42.5 Å². The number of hydrogen-bond donors (Lipinski definition) is 1. The van der Waals surface area contributed by atoms with Crippen molar-refractivity contribution >= 4 is 10.8 Å². The fourth-order valence-electron chi connectivity index (χ4n) is 3.62. The lowest BCUT2D eigenvalue weighted by Crippen LogP contribution is -2.27. The van der Waals surface area contributed by atoms with Crippen LogP contribution in [0.1, 0.15) is 17.5 Å². The first-order valence-corrected chi connectivity index (χ1v) is 9.53. The fraction of sp³-hybridized carbons (Fsp3) is 0.125. The molecule has 0 aliphatic heterocycles. The number of aliphatic hydroxyl groups is 1. The SMILES string of the molecule is COc1ccc2c(=O)n(CC(O)c3ccccn3)c(C#N)c(-c3cccc(F)c3)c2c1. The van der Waals surface area contributed by atoms with E-state index in [-0.39, 0.29) is 12.2 Å². The van der Waals surface area contributed by atoms with Gasteiger partial charge in [0.1, 0.15) is 29.4 Å². The van der Waals surface area contributed by atoms with E-state index in [1.807, 2.05) is 0 Å². The number of halogens is 1. The second-order valence-electron chi connectivity index (χ2n) is 6.94. The second kappa shape index (κ2) is 8.38. The predicted octanol–water partition coefficient (Wildman–Crippen LogP) is 3.82. The van der Waals surface area contributed by atoms with Gasteiger partial charge in [0.2, 0.25) is 0 Å². The van der Waals surface area contributed by atoms with Crippen molar-refractivity contribution in [2.24, 2.45) is 0 Å². The van der Waals surface area contributed by atoms with Crippen LogP contribution in [-0.4, -0.2) is 21.8 Å². The standard InChI is InChI=1S/C24H18FN3O3/c1-31-17-8-9-18-19(12-17)23(15-5-4-6-16(25)11-15)21(13-26)28(24(18)30)14-22(29)20-7-2-3-10-27-20/h2-12,22,29H,14H2,1H3. The van der Waals surface area contributed by atoms with Crippen molar-refractivity contribution < 1.29 is 14.2 Å². The van der Waals surface area contributed by atoms with Gasteiger partial charge in [0.25, 0.3) is 5.56 Å². The summed E-state index contributed by atoms with van der Waals surface area (Å²) in [5, 5.41) is 21.5. The van der Waals surface area contributed by atoms with E-state index in [0.717, 1.165) is 0 Å². The molecule has 2 heterocycles. The normalized spacial score (nSPS) is 11.8. The molecule has 4 aromatic rings. The fourth-order valence-corrected chi connectivity index (χ4v) is 3.62.